The molecular formula is C3H4NO4. The second kappa shape index (κ2) is 2.84. The molecule has 0 aromatic heterocycles. The van der Waals surface area contributed by atoms with Gasteiger partial charge in [-0.1, -0.05) is 0 Å². The van der Waals surface area contributed by atoms with Gasteiger partial charge in [0.2, 0.25) is 0 Å². The summed E-state index contributed by atoms with van der Waals surface area (Å²) < 4.78 is 0. The van der Waals surface area contributed by atoms with Gasteiger partial charge in [-0.25, -0.2) is 9.90 Å². The molecule has 0 atom stereocenters. The fourth-order valence-electron chi connectivity index (χ4n) is 0.148. The molecule has 0 saturated carbocycles. The van der Waals surface area contributed by atoms with E-state index < -0.39 is 18.6 Å². The molecule has 5 nitrogen and oxygen atoms in total. The van der Waals surface area contributed by atoms with Crippen molar-refractivity contribution in [1.82, 2.24) is 5.32 Å². The average Bonchev–Trinajstić information content (AvgIpc) is 1.61. The summed E-state index contributed by atoms with van der Waals surface area (Å²) in [6, 6.07) is 0. The zero-order valence-electron chi connectivity index (χ0n) is 3.88. The number of carboxylic acid groups (broad SMARTS) is 1. The topological polar surface area (TPSA) is 86.3 Å². The fraction of sp³-hybridized carbons (Fsp3) is 0.333. The standard InChI is InChI=1S/C3H4NO4/c5-2(6)1-4-3(7)8/h4H,1H2,(H,5,6). The highest BCUT2D eigenvalue weighted by Gasteiger charge is 1.99. The van der Waals surface area contributed by atoms with Gasteiger partial charge in [-0.15, -0.1) is 0 Å². The van der Waals surface area contributed by atoms with Gasteiger partial charge in [0.25, 0.3) is 0 Å². The summed E-state index contributed by atoms with van der Waals surface area (Å²) in [5.74, 6) is -1.23. The van der Waals surface area contributed by atoms with Gasteiger partial charge in [0.05, 0.1) is 0 Å². The van der Waals surface area contributed by atoms with E-state index in [0.29, 0.717) is 0 Å². The number of amides is 1. The highest BCUT2D eigenvalue weighted by molar-refractivity contribution is 5.75. The second-order valence-electron chi connectivity index (χ2n) is 1.03. The summed E-state index contributed by atoms with van der Waals surface area (Å²) in [6.45, 7) is -0.609. The van der Waals surface area contributed by atoms with Gasteiger partial charge in [0, 0.05) is 0 Å². The van der Waals surface area contributed by atoms with Crippen LogP contribution < -0.4 is 5.32 Å². The van der Waals surface area contributed by atoms with Crippen LogP contribution >= 0.6 is 0 Å². The molecule has 45 valence electrons. The molecule has 2 N–H and O–H groups in total. The largest absolute Gasteiger partial charge is 0.480 e. The van der Waals surface area contributed by atoms with Crippen molar-refractivity contribution in [3.8, 4) is 0 Å². The number of hydrogen-bond donors (Lipinski definition) is 2. The van der Waals surface area contributed by atoms with Crippen LogP contribution in [-0.4, -0.2) is 23.7 Å². The lowest BCUT2D eigenvalue weighted by atomic mass is 10.7. The quantitative estimate of drug-likeness (QED) is 0.498. The molecule has 0 fully saturated rings. The van der Waals surface area contributed by atoms with E-state index >= 15 is 0 Å². The monoisotopic (exact) mass is 118 g/mol. The van der Waals surface area contributed by atoms with Gasteiger partial charge >= 0.3 is 12.1 Å². The van der Waals surface area contributed by atoms with Crippen LogP contribution in [0.25, 0.3) is 0 Å². The Bertz CT molecular complexity index is 95.9. The Balaban J connectivity index is 3.18. The summed E-state index contributed by atoms with van der Waals surface area (Å²) in [5, 5.41) is 18.8. The van der Waals surface area contributed by atoms with Crippen LogP contribution in [0.4, 0.5) is 4.79 Å². The predicted molar refractivity (Wildman–Crippen MR) is 21.7 cm³/mol. The summed E-state index contributed by atoms with van der Waals surface area (Å²) in [6.07, 6.45) is -1.58. The number of carbonyl (C=O) groups excluding carboxylic acids is 1. The van der Waals surface area contributed by atoms with E-state index in [1.54, 1.807) is 5.32 Å². The Morgan fingerprint density at radius 1 is 1.50 bits per heavy atom. The van der Waals surface area contributed by atoms with E-state index in [4.69, 9.17) is 5.11 Å². The van der Waals surface area contributed by atoms with Gasteiger partial charge < -0.3 is 10.4 Å². The van der Waals surface area contributed by atoms with Crippen LogP contribution in [0.15, 0.2) is 0 Å². The maximum absolute atomic E-state index is 9.55. The predicted octanol–water partition coefficient (Wildman–Crippen LogP) is -0.789. The van der Waals surface area contributed by atoms with Crippen LogP contribution in [0.1, 0.15) is 0 Å². The Morgan fingerprint density at radius 2 is 2.00 bits per heavy atom. The highest BCUT2D eigenvalue weighted by atomic mass is 16.4. The number of carboxylic acids is 1. The van der Waals surface area contributed by atoms with E-state index in [1.165, 1.54) is 0 Å². The Morgan fingerprint density at radius 3 is 2.12 bits per heavy atom. The maximum Gasteiger partial charge on any atom is 0.451 e. The molecule has 0 aliphatic carbocycles. The normalized spacial score (nSPS) is 8.00. The molecule has 1 radical (unpaired) electrons. The van der Waals surface area contributed by atoms with Gasteiger partial charge in [0.1, 0.15) is 6.54 Å². The zero-order chi connectivity index (χ0) is 6.57. The first-order chi connectivity index (χ1) is 3.63. The molecule has 8 heavy (non-hydrogen) atoms. The summed E-state index contributed by atoms with van der Waals surface area (Å²) in [5.41, 5.74) is 0. The second-order valence-corrected chi connectivity index (χ2v) is 1.03. The van der Waals surface area contributed by atoms with E-state index in [2.05, 4.69) is 0 Å². The molecule has 5 heteroatoms. The zero-order valence-corrected chi connectivity index (χ0v) is 3.88. The third kappa shape index (κ3) is 4.74. The van der Waals surface area contributed by atoms with Crippen LogP contribution in [0.2, 0.25) is 0 Å². The number of rotatable bonds is 2. The fourth-order valence-corrected chi connectivity index (χ4v) is 0.148. The molecule has 0 aliphatic rings. The van der Waals surface area contributed by atoms with Gasteiger partial charge in [-0.2, -0.15) is 0 Å². The minimum Gasteiger partial charge on any atom is -0.480 e. The van der Waals surface area contributed by atoms with Crippen LogP contribution in [0, 0.1) is 0 Å². The van der Waals surface area contributed by atoms with Crippen molar-refractivity contribution in [2.45, 2.75) is 0 Å². The van der Waals surface area contributed by atoms with Gasteiger partial charge in [0.15, 0.2) is 0 Å². The first-order valence-electron chi connectivity index (χ1n) is 1.79. The van der Waals surface area contributed by atoms with Crippen molar-refractivity contribution in [3.05, 3.63) is 0 Å². The molecule has 0 bridgehead atoms. The molecule has 0 unspecified atom stereocenters. The lowest BCUT2D eigenvalue weighted by Crippen LogP contribution is -2.26. The smallest absolute Gasteiger partial charge is 0.451 e. The van der Waals surface area contributed by atoms with E-state index in [9.17, 15) is 14.7 Å². The lowest BCUT2D eigenvalue weighted by Gasteiger charge is -1.88. The number of carbonyl (C=O) groups is 2. The first-order valence-corrected chi connectivity index (χ1v) is 1.79. The summed E-state index contributed by atoms with van der Waals surface area (Å²) in [4.78, 5) is 19.0. The number of aliphatic carboxylic acids is 1. The Hall–Kier alpha value is -1.26. The molecule has 0 saturated heterocycles. The van der Waals surface area contributed by atoms with Crippen LogP contribution in [0.3, 0.4) is 0 Å². The Labute approximate surface area is 44.9 Å². The molecule has 0 aromatic carbocycles. The van der Waals surface area contributed by atoms with Crippen molar-refractivity contribution in [3.63, 3.8) is 0 Å². The van der Waals surface area contributed by atoms with Crippen molar-refractivity contribution < 1.29 is 19.8 Å². The van der Waals surface area contributed by atoms with Crippen LogP contribution in [0.5, 0.6) is 0 Å². The summed E-state index contributed by atoms with van der Waals surface area (Å²) >= 11 is 0. The van der Waals surface area contributed by atoms with E-state index in [-0.39, 0.29) is 0 Å². The average molecular weight is 118 g/mol. The molecule has 0 spiro atoms. The van der Waals surface area contributed by atoms with Crippen molar-refractivity contribution in [2.75, 3.05) is 6.54 Å². The molecular weight excluding hydrogens is 114 g/mol. The van der Waals surface area contributed by atoms with Crippen molar-refractivity contribution >= 4 is 12.1 Å². The lowest BCUT2D eigenvalue weighted by molar-refractivity contribution is -0.135. The third-order valence-electron chi connectivity index (χ3n) is 0.384. The van der Waals surface area contributed by atoms with Crippen molar-refractivity contribution in [1.29, 1.82) is 0 Å². The minimum atomic E-state index is -1.58. The minimum absolute atomic E-state index is 0.609. The molecule has 0 rings (SSSR count). The van der Waals surface area contributed by atoms with Gasteiger partial charge in [-0.05, 0) is 0 Å². The molecule has 0 heterocycles. The summed E-state index contributed by atoms with van der Waals surface area (Å²) in [7, 11) is 0. The van der Waals surface area contributed by atoms with Crippen LogP contribution in [-0.2, 0) is 9.90 Å². The molecule has 0 aromatic rings. The van der Waals surface area contributed by atoms with Gasteiger partial charge in [-0.3, -0.25) is 4.79 Å². The van der Waals surface area contributed by atoms with E-state index in [1.807, 2.05) is 0 Å². The SMILES string of the molecule is [O]C(=O)NCC(=O)O. The highest BCUT2D eigenvalue weighted by Crippen LogP contribution is 1.61. The van der Waals surface area contributed by atoms with Crippen molar-refractivity contribution in [2.24, 2.45) is 0 Å². The third-order valence-corrected chi connectivity index (χ3v) is 0.384. The maximum atomic E-state index is 9.55. The first kappa shape index (κ1) is 6.74. The van der Waals surface area contributed by atoms with E-state index in [0.717, 1.165) is 0 Å². The Kier molecular flexibility index (Phi) is 2.39. The number of nitrogens with one attached hydrogen (secondary N) is 1. The molecule has 1 amide bonds. The molecule has 0 aliphatic heterocycles. The number of hydrogen-bond acceptors (Lipinski definition) is 2.